The smallest absolute Gasteiger partial charge is 0.255 e. The summed E-state index contributed by atoms with van der Waals surface area (Å²) in [4.78, 5) is 13.6. The Hall–Kier alpha value is -2.43. The number of rotatable bonds is 5. The molecular weight excluding hydrogens is 254 g/mol. The van der Waals surface area contributed by atoms with Gasteiger partial charge in [0.05, 0.1) is 11.8 Å². The first-order valence-corrected chi connectivity index (χ1v) is 6.45. The van der Waals surface area contributed by atoms with Crippen molar-refractivity contribution in [2.75, 3.05) is 31.7 Å². The second-order valence-corrected chi connectivity index (χ2v) is 4.76. The number of nitrogens with two attached hydrogens (primary N) is 1. The maximum atomic E-state index is 12.1. The van der Waals surface area contributed by atoms with Crippen molar-refractivity contribution in [1.82, 2.24) is 4.90 Å². The molecule has 106 valence electrons. The minimum Gasteiger partial charge on any atom is -0.469 e. The summed E-state index contributed by atoms with van der Waals surface area (Å²) < 4.78 is 5.27. The summed E-state index contributed by atoms with van der Waals surface area (Å²) in [5.74, 6) is 0.854. The van der Waals surface area contributed by atoms with E-state index in [1.807, 2.05) is 12.1 Å². The molecule has 1 aromatic carbocycles. The fourth-order valence-corrected chi connectivity index (χ4v) is 1.91. The number of nitrogen functional groups attached to an aromatic ring is 1. The monoisotopic (exact) mass is 273 g/mol. The number of benzene rings is 1. The average Bonchev–Trinajstić information content (AvgIpc) is 2.91. The van der Waals surface area contributed by atoms with Gasteiger partial charge < -0.3 is 20.4 Å². The quantitative estimate of drug-likeness (QED) is 0.819. The van der Waals surface area contributed by atoms with Gasteiger partial charge in [-0.05, 0) is 30.3 Å². The van der Waals surface area contributed by atoms with Crippen LogP contribution in [0.15, 0.2) is 41.0 Å². The molecule has 0 saturated carbocycles. The molecule has 0 aliphatic heterocycles. The number of amides is 1. The van der Waals surface area contributed by atoms with E-state index in [0.717, 1.165) is 17.9 Å². The number of hydrogen-bond donors (Lipinski definition) is 2. The maximum absolute atomic E-state index is 12.1. The molecule has 0 saturated heterocycles. The molecule has 1 amide bonds. The van der Waals surface area contributed by atoms with E-state index >= 15 is 0 Å². The maximum Gasteiger partial charge on any atom is 0.255 e. The van der Waals surface area contributed by atoms with Crippen LogP contribution in [0.4, 0.5) is 11.4 Å². The van der Waals surface area contributed by atoms with Crippen molar-refractivity contribution >= 4 is 17.3 Å². The normalized spacial score (nSPS) is 10.3. The van der Waals surface area contributed by atoms with E-state index in [2.05, 4.69) is 5.32 Å². The molecule has 3 N–H and O–H groups in total. The molecule has 0 radical (unpaired) electrons. The number of anilines is 2. The van der Waals surface area contributed by atoms with Gasteiger partial charge in [0.15, 0.2) is 0 Å². The van der Waals surface area contributed by atoms with E-state index < -0.39 is 0 Å². The van der Waals surface area contributed by atoms with Crippen molar-refractivity contribution in [1.29, 1.82) is 0 Å². The number of carbonyl (C=O) groups excluding carboxylic acids is 1. The number of nitrogens with zero attached hydrogens (tertiary/aromatic N) is 1. The summed E-state index contributed by atoms with van der Waals surface area (Å²) >= 11 is 0. The third-order valence-corrected chi connectivity index (χ3v) is 2.95. The fraction of sp³-hybridized carbons (Fsp3) is 0.267. The van der Waals surface area contributed by atoms with Gasteiger partial charge in [-0.15, -0.1) is 0 Å². The third-order valence-electron chi connectivity index (χ3n) is 2.95. The number of nitrogens with one attached hydrogen (secondary N) is 1. The molecule has 5 nitrogen and oxygen atoms in total. The van der Waals surface area contributed by atoms with E-state index in [9.17, 15) is 4.79 Å². The summed E-state index contributed by atoms with van der Waals surface area (Å²) in [5.41, 5.74) is 7.77. The van der Waals surface area contributed by atoms with Crippen LogP contribution in [-0.4, -0.2) is 31.4 Å². The molecule has 0 bridgehead atoms. The van der Waals surface area contributed by atoms with E-state index in [4.69, 9.17) is 10.2 Å². The number of carbonyl (C=O) groups is 1. The van der Waals surface area contributed by atoms with E-state index in [-0.39, 0.29) is 5.91 Å². The Kier molecular flexibility index (Phi) is 4.30. The Labute approximate surface area is 118 Å². The summed E-state index contributed by atoms with van der Waals surface area (Å²) in [7, 11) is 3.45. The largest absolute Gasteiger partial charge is 0.469 e. The molecule has 0 spiro atoms. The van der Waals surface area contributed by atoms with Crippen LogP contribution in [0.5, 0.6) is 0 Å². The van der Waals surface area contributed by atoms with Crippen LogP contribution >= 0.6 is 0 Å². The second-order valence-electron chi connectivity index (χ2n) is 4.76. The van der Waals surface area contributed by atoms with Gasteiger partial charge in [0, 0.05) is 38.4 Å². The van der Waals surface area contributed by atoms with Crippen molar-refractivity contribution in [3.05, 3.63) is 47.9 Å². The summed E-state index contributed by atoms with van der Waals surface area (Å²) in [6, 6.07) is 9.03. The summed E-state index contributed by atoms with van der Waals surface area (Å²) in [6.07, 6.45) is 2.40. The fourth-order valence-electron chi connectivity index (χ4n) is 1.91. The van der Waals surface area contributed by atoms with Crippen LogP contribution in [0.3, 0.4) is 0 Å². The van der Waals surface area contributed by atoms with Gasteiger partial charge in [-0.1, -0.05) is 0 Å². The molecule has 0 atom stereocenters. The molecule has 0 unspecified atom stereocenters. The van der Waals surface area contributed by atoms with Gasteiger partial charge in [-0.3, -0.25) is 4.79 Å². The molecular formula is C15H19N3O2. The summed E-state index contributed by atoms with van der Waals surface area (Å²) in [5, 5.41) is 3.24. The predicted molar refractivity (Wildman–Crippen MR) is 79.8 cm³/mol. The molecule has 0 aliphatic carbocycles. The van der Waals surface area contributed by atoms with Gasteiger partial charge >= 0.3 is 0 Å². The Morgan fingerprint density at radius 2 is 2.15 bits per heavy atom. The Morgan fingerprint density at radius 3 is 2.80 bits per heavy atom. The van der Waals surface area contributed by atoms with Gasteiger partial charge in [0.25, 0.3) is 5.91 Å². The number of furan rings is 1. The van der Waals surface area contributed by atoms with Crippen LogP contribution < -0.4 is 11.1 Å². The van der Waals surface area contributed by atoms with E-state index in [0.29, 0.717) is 17.8 Å². The Balaban J connectivity index is 2.09. The van der Waals surface area contributed by atoms with Crippen LogP contribution in [0, 0.1) is 0 Å². The van der Waals surface area contributed by atoms with Crippen LogP contribution in [0.25, 0.3) is 0 Å². The zero-order chi connectivity index (χ0) is 14.5. The van der Waals surface area contributed by atoms with Crippen molar-refractivity contribution in [3.8, 4) is 0 Å². The first-order chi connectivity index (χ1) is 9.58. The molecule has 0 fully saturated rings. The lowest BCUT2D eigenvalue weighted by Gasteiger charge is -2.15. The van der Waals surface area contributed by atoms with Crippen molar-refractivity contribution < 1.29 is 9.21 Å². The minimum atomic E-state index is -0.0505. The lowest BCUT2D eigenvalue weighted by molar-refractivity contribution is 0.0828. The minimum absolute atomic E-state index is 0.0505. The average molecular weight is 273 g/mol. The highest BCUT2D eigenvalue weighted by molar-refractivity contribution is 5.99. The zero-order valence-corrected chi connectivity index (χ0v) is 11.7. The lowest BCUT2D eigenvalue weighted by atomic mass is 10.1. The predicted octanol–water partition coefficient (Wildman–Crippen LogP) is 2.22. The topological polar surface area (TPSA) is 71.5 Å². The van der Waals surface area contributed by atoms with Gasteiger partial charge in [0.2, 0.25) is 0 Å². The van der Waals surface area contributed by atoms with E-state index in [1.165, 1.54) is 0 Å². The first kappa shape index (κ1) is 14.0. The SMILES string of the molecule is CN(C)C(=O)c1ccc(N)cc1NCCc1ccco1. The highest BCUT2D eigenvalue weighted by Crippen LogP contribution is 2.20. The van der Waals surface area contributed by atoms with Gasteiger partial charge in [-0.2, -0.15) is 0 Å². The molecule has 20 heavy (non-hydrogen) atoms. The first-order valence-electron chi connectivity index (χ1n) is 6.45. The molecule has 2 rings (SSSR count). The highest BCUT2D eigenvalue weighted by Gasteiger charge is 2.13. The highest BCUT2D eigenvalue weighted by atomic mass is 16.3. The van der Waals surface area contributed by atoms with Crippen LogP contribution in [0.1, 0.15) is 16.1 Å². The standard InChI is InChI=1S/C15H19N3O2/c1-18(2)15(19)13-6-5-11(16)10-14(13)17-8-7-12-4-3-9-20-12/h3-6,9-10,17H,7-8,16H2,1-2H3. The van der Waals surface area contributed by atoms with Crippen molar-refractivity contribution in [3.63, 3.8) is 0 Å². The summed E-state index contributed by atoms with van der Waals surface area (Å²) in [6.45, 7) is 0.671. The lowest BCUT2D eigenvalue weighted by Crippen LogP contribution is -2.23. The van der Waals surface area contributed by atoms with Gasteiger partial charge in [-0.25, -0.2) is 0 Å². The molecule has 2 aromatic rings. The van der Waals surface area contributed by atoms with Crippen molar-refractivity contribution in [2.45, 2.75) is 6.42 Å². The Bertz CT molecular complexity index is 577. The third kappa shape index (κ3) is 3.32. The molecule has 1 aromatic heterocycles. The Morgan fingerprint density at radius 1 is 1.35 bits per heavy atom. The molecule has 5 heteroatoms. The van der Waals surface area contributed by atoms with Gasteiger partial charge in [0.1, 0.15) is 5.76 Å². The zero-order valence-electron chi connectivity index (χ0n) is 11.7. The van der Waals surface area contributed by atoms with Crippen LogP contribution in [-0.2, 0) is 6.42 Å². The van der Waals surface area contributed by atoms with Crippen LogP contribution in [0.2, 0.25) is 0 Å². The van der Waals surface area contributed by atoms with E-state index in [1.54, 1.807) is 43.5 Å². The molecule has 1 heterocycles. The second kappa shape index (κ2) is 6.14. The molecule has 0 aliphatic rings. The number of hydrogen-bond acceptors (Lipinski definition) is 4. The van der Waals surface area contributed by atoms with Crippen molar-refractivity contribution in [2.24, 2.45) is 0 Å².